The first kappa shape index (κ1) is 65.9. The molecule has 0 aliphatic carbocycles. The van der Waals surface area contributed by atoms with Crippen LogP contribution < -0.4 is 15.8 Å². The molecule has 0 aromatic carbocycles. The molecule has 7 heterocycles. The molecule has 452 valence electrons. The molecular formula is C42H71O32S3-3. The summed E-state index contributed by atoms with van der Waals surface area (Å²) in [5.74, 6) is -2.34. The van der Waals surface area contributed by atoms with Gasteiger partial charge < -0.3 is 113 Å². The molecule has 32 nitrogen and oxygen atoms in total. The van der Waals surface area contributed by atoms with Crippen LogP contribution in [0.25, 0.3) is 0 Å². The largest absolute Gasteiger partial charge is 0.691 e. The average Bonchev–Trinajstić information content (AvgIpc) is 3.95. The number of methoxy groups -OCH3 is 2. The molecule has 25 atom stereocenters. The number of aliphatic hydroxyl groups excluding tert-OH is 8. The van der Waals surface area contributed by atoms with Crippen LogP contribution in [0, 0.1) is 29.6 Å². The smallest absolute Gasteiger partial charge is 0.193 e. The Morgan fingerprint density at radius 2 is 0.753 bits per heavy atom. The Balaban J connectivity index is 0.000000275. The zero-order chi connectivity index (χ0) is 55.6. The number of aliphatic hydroxyl groups is 8. The van der Waals surface area contributed by atoms with Crippen molar-refractivity contribution in [2.24, 2.45) is 29.6 Å². The minimum atomic E-state index is -1.29. The first-order valence-electron chi connectivity index (χ1n) is 24.8. The summed E-state index contributed by atoms with van der Waals surface area (Å²) in [6.07, 6.45) is -15.5. The molecule has 35 heteroatoms. The normalized spacial score (nSPS) is 42.8. The van der Waals surface area contributed by atoms with Gasteiger partial charge in [0.15, 0.2) is 49.6 Å². The van der Waals surface area contributed by atoms with Crippen LogP contribution in [-0.4, -0.2) is 250 Å². The van der Waals surface area contributed by atoms with Crippen LogP contribution >= 0.6 is 37.0 Å². The second-order valence-corrected chi connectivity index (χ2v) is 20.2. The standard InChI is InChI=1S/C25H44O20S2.C17H30O12S/c1-3-11-19(28)17(37-14(4-26)22(11)40-46-44-42-31)8-35-7-13-20(29)18(38-15(5-27)23(13)41-47-45-43-32)9-34-6-12-16-10-36-24(12)21(30)25(33-2)39-16;1-3-8-13(19)12(25-10(4-18)15(8)27-30-29-28-21)6-23-5-9-11-7-24-16(9)14(20)17(22-2)26-11/h11-32H,3-10H2,1-2H3;8-21H,3-7H2,1-2H3/p-3/t11-,12-,13-,14?,15?,16?,17+,18-,19?,20?,21?,22+,23+,24+,25-;8-,9-,10?,11?,12-,13?,14?,15+,16+,17-/m00/s1. The van der Waals surface area contributed by atoms with Gasteiger partial charge >= 0.3 is 0 Å². The summed E-state index contributed by atoms with van der Waals surface area (Å²) in [6, 6.07) is 0. The van der Waals surface area contributed by atoms with Crippen LogP contribution in [0.4, 0.5) is 0 Å². The molecule has 7 rings (SSSR count). The Bertz CT molecular complexity index is 1620. The Labute approximate surface area is 455 Å². The number of ether oxygens (including phenoxy) is 12. The van der Waals surface area contributed by atoms with Crippen molar-refractivity contribution in [3.63, 3.8) is 0 Å². The lowest BCUT2D eigenvalue weighted by atomic mass is 9.84. The highest BCUT2D eigenvalue weighted by atomic mass is 32.2. The van der Waals surface area contributed by atoms with Crippen molar-refractivity contribution in [2.75, 3.05) is 86.9 Å². The molecule has 4 bridgehead atoms. The predicted octanol–water partition coefficient (Wildman–Crippen LogP) is -5.94. The fraction of sp³-hybridized carbons (Fsp3) is 1.00. The third-order valence-corrected chi connectivity index (χ3v) is 16.0. The fourth-order valence-corrected chi connectivity index (χ4v) is 12.1. The highest BCUT2D eigenvalue weighted by molar-refractivity contribution is 7.90. The Hall–Kier alpha value is -0.230. The van der Waals surface area contributed by atoms with E-state index >= 15 is 0 Å². The van der Waals surface area contributed by atoms with Crippen LogP contribution in [0.2, 0.25) is 0 Å². The van der Waals surface area contributed by atoms with E-state index in [0.29, 0.717) is 31.8 Å². The minimum Gasteiger partial charge on any atom is -0.691 e. The monoisotopic (exact) mass is 1180 g/mol. The van der Waals surface area contributed by atoms with E-state index in [1.165, 1.54) is 14.2 Å². The van der Waals surface area contributed by atoms with Gasteiger partial charge in [-0.3, -0.25) is 27.7 Å². The van der Waals surface area contributed by atoms with Crippen LogP contribution in [0.1, 0.15) is 26.7 Å². The van der Waals surface area contributed by atoms with Crippen molar-refractivity contribution in [1.82, 2.24) is 0 Å². The zero-order valence-electron chi connectivity index (χ0n) is 42.2. The highest BCUT2D eigenvalue weighted by Gasteiger charge is 2.54. The number of hydrogen-bond donors (Lipinski definition) is 8. The lowest BCUT2D eigenvalue weighted by Gasteiger charge is -2.45. The second-order valence-electron chi connectivity index (χ2n) is 18.8. The number of rotatable bonds is 31. The summed E-state index contributed by atoms with van der Waals surface area (Å²) < 4.78 is 96.7. The van der Waals surface area contributed by atoms with Crippen molar-refractivity contribution < 1.29 is 154 Å². The molecule has 7 fully saturated rings. The summed E-state index contributed by atoms with van der Waals surface area (Å²) in [7, 11) is 2.89. The molecule has 0 spiro atoms. The van der Waals surface area contributed by atoms with Gasteiger partial charge in [-0.25, -0.2) is 0 Å². The third kappa shape index (κ3) is 16.8. The maximum atomic E-state index is 11.3. The maximum Gasteiger partial charge on any atom is 0.193 e. The van der Waals surface area contributed by atoms with Crippen LogP contribution in [0.5, 0.6) is 0 Å². The van der Waals surface area contributed by atoms with Gasteiger partial charge in [-0.1, -0.05) is 13.8 Å². The summed E-state index contributed by atoms with van der Waals surface area (Å²) in [5.41, 5.74) is 0. The Morgan fingerprint density at radius 3 is 1.06 bits per heavy atom. The van der Waals surface area contributed by atoms with E-state index in [-0.39, 0.29) is 102 Å². The fourth-order valence-electron chi connectivity index (χ4n) is 10.9. The van der Waals surface area contributed by atoms with Crippen molar-refractivity contribution >= 4 is 37.0 Å². The van der Waals surface area contributed by atoms with Gasteiger partial charge in [0.2, 0.25) is 0 Å². The van der Waals surface area contributed by atoms with Crippen molar-refractivity contribution in [3.05, 3.63) is 0 Å². The van der Waals surface area contributed by atoms with E-state index in [0.717, 1.165) is 0 Å². The van der Waals surface area contributed by atoms with Gasteiger partial charge in [-0.15, -0.1) is 13.0 Å². The highest BCUT2D eigenvalue weighted by Crippen LogP contribution is 2.39. The van der Waals surface area contributed by atoms with Gasteiger partial charge in [-0.05, 0) is 12.8 Å². The van der Waals surface area contributed by atoms with E-state index in [1.807, 2.05) is 6.92 Å². The topological polar surface area (TPSA) is 425 Å². The van der Waals surface area contributed by atoms with Gasteiger partial charge in [-0.2, -0.15) is 0 Å². The molecule has 0 aromatic heterocycles. The number of hydrogen-bond acceptors (Lipinski definition) is 35. The lowest BCUT2D eigenvalue weighted by Crippen LogP contribution is -2.59. The molecule has 10 unspecified atom stereocenters. The van der Waals surface area contributed by atoms with E-state index in [1.54, 1.807) is 6.92 Å². The second kappa shape index (κ2) is 33.9. The molecule has 7 aliphatic rings. The molecule has 77 heavy (non-hydrogen) atoms. The van der Waals surface area contributed by atoms with Crippen molar-refractivity contribution in [3.8, 4) is 0 Å². The molecule has 7 saturated heterocycles. The maximum absolute atomic E-state index is 11.3. The van der Waals surface area contributed by atoms with Crippen molar-refractivity contribution in [2.45, 2.75) is 149 Å². The van der Waals surface area contributed by atoms with Crippen LogP contribution in [0.15, 0.2) is 0 Å². The molecule has 0 amide bonds. The third-order valence-electron chi connectivity index (χ3n) is 14.8. The first-order chi connectivity index (χ1) is 37.4. The zero-order valence-corrected chi connectivity index (χ0v) is 44.7. The summed E-state index contributed by atoms with van der Waals surface area (Å²) in [5, 5.41) is 124. The van der Waals surface area contributed by atoms with Crippen LogP contribution in [0.3, 0.4) is 0 Å². The van der Waals surface area contributed by atoms with Gasteiger partial charge in [0, 0.05) is 43.8 Å². The molecule has 8 N–H and O–H groups in total. The molecule has 0 saturated carbocycles. The minimum absolute atomic E-state index is 0.0634. The molecule has 7 aliphatic heterocycles. The molecule has 0 aromatic rings. The summed E-state index contributed by atoms with van der Waals surface area (Å²) >= 11 is 0.739. The van der Waals surface area contributed by atoms with E-state index in [9.17, 15) is 56.6 Å². The van der Waals surface area contributed by atoms with Crippen LogP contribution in [-0.2, 0) is 97.5 Å². The average molecular weight is 1180 g/mol. The molecule has 0 radical (unpaired) electrons. The molecular weight excluding hydrogens is 1110 g/mol. The first-order valence-corrected chi connectivity index (χ1v) is 26.8. The van der Waals surface area contributed by atoms with E-state index < -0.39 is 141 Å². The Morgan fingerprint density at radius 1 is 0.429 bits per heavy atom. The lowest BCUT2D eigenvalue weighted by molar-refractivity contribution is -0.778. The number of fused-ring (bicyclic) bond motifs is 4. The Kier molecular flexibility index (Phi) is 29.0. The predicted molar refractivity (Wildman–Crippen MR) is 242 cm³/mol. The van der Waals surface area contributed by atoms with Gasteiger partial charge in [0.1, 0.15) is 67.1 Å². The van der Waals surface area contributed by atoms with E-state index in [4.69, 9.17) is 69.4 Å². The summed E-state index contributed by atoms with van der Waals surface area (Å²) in [6.45, 7) is 2.72. The summed E-state index contributed by atoms with van der Waals surface area (Å²) in [4.78, 5) is 0. The van der Waals surface area contributed by atoms with Crippen molar-refractivity contribution in [1.29, 1.82) is 0 Å². The van der Waals surface area contributed by atoms with E-state index in [2.05, 4.69) is 28.1 Å². The van der Waals surface area contributed by atoms with Gasteiger partial charge in [0.25, 0.3) is 0 Å². The van der Waals surface area contributed by atoms with Gasteiger partial charge in [0.05, 0.1) is 115 Å². The quantitative estimate of drug-likeness (QED) is 0.0139. The SMILES string of the molecule is CC[C@H]1C(O)[C@@H](COC[C@H]2C(O)[C@H](COC[C@H]3C4CO[C@H]3C(O)[C@@H](OC)O4)OC(CO)[C@@H]2OSOO[O-])OC(CO)[C@@H]1OSOO[O-].CC[C@H]1C(O)[C@H](COC[C@H]2C3CO[C@H]2C(O)[C@@H](OC)O3)OC(CO)[C@@H]1OSOO[O-].